The molecule has 0 bridgehead atoms. The molecule has 0 saturated heterocycles. The fraction of sp³-hybridized carbons (Fsp3) is 0. The molecule has 5 heterocycles. The highest BCUT2D eigenvalue weighted by atomic mass is 15.2. The first-order chi connectivity index (χ1) is 31.3. The zero-order chi connectivity index (χ0) is 41.4. The molecule has 0 spiro atoms. The molecule has 0 N–H and O–H groups in total. The Morgan fingerprint density at radius 1 is 0.302 bits per heavy atom. The van der Waals surface area contributed by atoms with Gasteiger partial charge in [0.2, 0.25) is 5.95 Å². The van der Waals surface area contributed by atoms with E-state index >= 15 is 0 Å². The maximum atomic E-state index is 5.15. The molecule has 5 aromatic heterocycles. The van der Waals surface area contributed by atoms with Gasteiger partial charge in [-0.2, -0.15) is 0 Å². The molecule has 0 amide bonds. The Hall–Kier alpha value is -8.75. The molecule has 0 unspecified atom stereocenters. The Bertz CT molecular complexity index is 3790. The van der Waals surface area contributed by atoms with Gasteiger partial charge in [-0.25, -0.2) is 24.9 Å². The third kappa shape index (κ3) is 5.45. The van der Waals surface area contributed by atoms with Gasteiger partial charge >= 0.3 is 0 Å². The minimum Gasteiger partial charge on any atom is -0.309 e. The van der Waals surface area contributed by atoms with E-state index in [4.69, 9.17) is 24.9 Å². The van der Waals surface area contributed by atoms with Crippen LogP contribution in [0.25, 0.3) is 117 Å². The maximum Gasteiger partial charge on any atom is 0.234 e. The van der Waals surface area contributed by atoms with Crippen LogP contribution in [0.5, 0.6) is 0 Å². The van der Waals surface area contributed by atoms with Crippen molar-refractivity contribution >= 4 is 65.4 Å². The lowest BCUT2D eigenvalue weighted by Gasteiger charge is -2.12. The highest BCUT2D eigenvalue weighted by molar-refractivity contribution is 6.26. The molecule has 0 aliphatic carbocycles. The average molecular weight is 807 g/mol. The van der Waals surface area contributed by atoms with E-state index in [1.807, 2.05) is 73.1 Å². The van der Waals surface area contributed by atoms with E-state index in [0.717, 1.165) is 82.7 Å². The predicted molar refractivity (Wildman–Crippen MR) is 255 cm³/mol. The number of hydrogen-bond donors (Lipinski definition) is 0. The normalized spacial score (nSPS) is 11.8. The average Bonchev–Trinajstić information content (AvgIpc) is 4.00. The van der Waals surface area contributed by atoms with Gasteiger partial charge in [0.1, 0.15) is 0 Å². The largest absolute Gasteiger partial charge is 0.309 e. The van der Waals surface area contributed by atoms with Gasteiger partial charge in [0, 0.05) is 54.7 Å². The van der Waals surface area contributed by atoms with Gasteiger partial charge in [-0.3, -0.25) is 4.57 Å². The van der Waals surface area contributed by atoms with Crippen LogP contribution in [0.15, 0.2) is 207 Å². The zero-order valence-electron chi connectivity index (χ0n) is 33.7. The molecule has 0 atom stereocenters. The fourth-order valence-corrected chi connectivity index (χ4v) is 9.46. The van der Waals surface area contributed by atoms with Crippen LogP contribution in [-0.4, -0.2) is 38.6 Å². The van der Waals surface area contributed by atoms with Crippen molar-refractivity contribution in [3.05, 3.63) is 207 Å². The summed E-state index contributed by atoms with van der Waals surface area (Å²) in [5.74, 6) is 2.47. The molecule has 63 heavy (non-hydrogen) atoms. The van der Waals surface area contributed by atoms with Crippen molar-refractivity contribution in [2.45, 2.75) is 0 Å². The standard InChI is InChI=1S/C55H34N8/c1-3-16-35(17-4-1)52-58-53(36-18-5-2-6-19-36)60-54(59-52)37-20-15-21-38(32-37)61-48-29-14-10-25-44(48)50-49(61)31-30-43-42-24-9-13-28-47(42)63(51(43)50)55-56-33-39(34-57-55)62-45-26-11-7-22-40(45)41-23-8-12-27-46(41)62/h1-34H. The van der Waals surface area contributed by atoms with E-state index < -0.39 is 0 Å². The summed E-state index contributed by atoms with van der Waals surface area (Å²) in [6.07, 6.45) is 3.90. The first-order valence-electron chi connectivity index (χ1n) is 21.0. The van der Waals surface area contributed by atoms with Crippen molar-refractivity contribution in [2.75, 3.05) is 0 Å². The molecule has 8 heteroatoms. The Morgan fingerprint density at radius 3 is 1.33 bits per heavy atom. The number of nitrogens with zero attached hydrogens (tertiary/aromatic N) is 8. The molecule has 13 rings (SSSR count). The Morgan fingerprint density at radius 2 is 0.746 bits per heavy atom. The van der Waals surface area contributed by atoms with E-state index in [9.17, 15) is 0 Å². The summed E-state index contributed by atoms with van der Waals surface area (Å²) in [5, 5.41) is 6.93. The van der Waals surface area contributed by atoms with Crippen LogP contribution < -0.4 is 0 Å². The fourth-order valence-electron chi connectivity index (χ4n) is 9.46. The third-order valence-electron chi connectivity index (χ3n) is 12.2. The molecule has 0 fully saturated rings. The van der Waals surface area contributed by atoms with Gasteiger partial charge in [0.15, 0.2) is 17.5 Å². The summed E-state index contributed by atoms with van der Waals surface area (Å²) >= 11 is 0. The minimum absolute atomic E-state index is 0.606. The van der Waals surface area contributed by atoms with Gasteiger partial charge in [0.25, 0.3) is 0 Å². The number of benzene rings is 8. The second-order valence-electron chi connectivity index (χ2n) is 15.8. The van der Waals surface area contributed by atoms with E-state index in [-0.39, 0.29) is 0 Å². The first-order valence-corrected chi connectivity index (χ1v) is 21.0. The SMILES string of the molecule is c1ccc(-c2nc(-c3ccccc3)nc(-c3cccc(-n4c5ccccc5c5c4ccc4c6ccccc6n(-c6ncc(-n7c8ccccc8c8ccccc87)cn6)c45)c3)n2)cc1. The topological polar surface area (TPSA) is 79.2 Å². The van der Waals surface area contributed by atoms with Crippen LogP contribution >= 0.6 is 0 Å². The van der Waals surface area contributed by atoms with Gasteiger partial charge in [-0.1, -0.05) is 152 Å². The van der Waals surface area contributed by atoms with Crippen LogP contribution in [-0.2, 0) is 0 Å². The van der Waals surface area contributed by atoms with E-state index in [1.54, 1.807) is 0 Å². The highest BCUT2D eigenvalue weighted by Crippen LogP contribution is 2.42. The number of para-hydroxylation sites is 4. The molecule has 0 aliphatic heterocycles. The summed E-state index contributed by atoms with van der Waals surface area (Å²) in [6.45, 7) is 0. The van der Waals surface area contributed by atoms with Crippen molar-refractivity contribution in [3.63, 3.8) is 0 Å². The summed E-state index contributed by atoms with van der Waals surface area (Å²) in [4.78, 5) is 25.4. The maximum absolute atomic E-state index is 5.15. The highest BCUT2D eigenvalue weighted by Gasteiger charge is 2.23. The van der Waals surface area contributed by atoms with Gasteiger partial charge in [-0.05, 0) is 42.5 Å². The first kappa shape index (κ1) is 35.0. The molecule has 0 saturated carbocycles. The number of fused-ring (bicyclic) bond motifs is 10. The van der Waals surface area contributed by atoms with E-state index in [2.05, 4.69) is 147 Å². The van der Waals surface area contributed by atoms with Crippen molar-refractivity contribution in [1.29, 1.82) is 0 Å². The third-order valence-corrected chi connectivity index (χ3v) is 12.2. The summed E-state index contributed by atoms with van der Waals surface area (Å²) in [5.41, 5.74) is 11.1. The minimum atomic E-state index is 0.606. The number of rotatable bonds is 6. The lowest BCUT2D eigenvalue weighted by atomic mass is 10.1. The van der Waals surface area contributed by atoms with Crippen LogP contribution in [0.2, 0.25) is 0 Å². The molecule has 8 nitrogen and oxygen atoms in total. The van der Waals surface area contributed by atoms with Crippen molar-refractivity contribution in [2.24, 2.45) is 0 Å². The van der Waals surface area contributed by atoms with E-state index in [1.165, 1.54) is 10.8 Å². The predicted octanol–water partition coefficient (Wildman–Crippen LogP) is 13.0. The Labute approximate surface area is 360 Å². The second kappa shape index (κ2) is 13.9. The van der Waals surface area contributed by atoms with Gasteiger partial charge in [0.05, 0.1) is 51.2 Å². The van der Waals surface area contributed by atoms with Crippen molar-refractivity contribution in [1.82, 2.24) is 38.6 Å². The lowest BCUT2D eigenvalue weighted by Crippen LogP contribution is -2.03. The molecule has 0 aliphatic rings. The van der Waals surface area contributed by atoms with Crippen LogP contribution in [0.4, 0.5) is 0 Å². The number of aromatic nitrogens is 8. The molecule has 294 valence electrons. The molecular formula is C55H34N8. The Balaban J connectivity index is 1.01. The monoisotopic (exact) mass is 806 g/mol. The molecular weight excluding hydrogens is 773 g/mol. The molecule has 0 radical (unpaired) electrons. The lowest BCUT2D eigenvalue weighted by molar-refractivity contribution is 0.969. The smallest absolute Gasteiger partial charge is 0.234 e. The zero-order valence-corrected chi connectivity index (χ0v) is 33.7. The number of hydrogen-bond acceptors (Lipinski definition) is 5. The quantitative estimate of drug-likeness (QED) is 0.167. The summed E-state index contributed by atoms with van der Waals surface area (Å²) < 4.78 is 6.83. The Kier molecular flexibility index (Phi) is 7.74. The van der Waals surface area contributed by atoms with Crippen molar-refractivity contribution < 1.29 is 0 Å². The van der Waals surface area contributed by atoms with Gasteiger partial charge in [-0.15, -0.1) is 0 Å². The summed E-state index contributed by atoms with van der Waals surface area (Å²) in [6, 6.07) is 67.4. The molecule has 8 aromatic carbocycles. The van der Waals surface area contributed by atoms with Crippen LogP contribution in [0.1, 0.15) is 0 Å². The summed E-state index contributed by atoms with van der Waals surface area (Å²) in [7, 11) is 0. The van der Waals surface area contributed by atoms with Gasteiger partial charge < -0.3 is 9.13 Å². The van der Waals surface area contributed by atoms with Crippen LogP contribution in [0.3, 0.4) is 0 Å². The van der Waals surface area contributed by atoms with Crippen LogP contribution in [0, 0.1) is 0 Å². The van der Waals surface area contributed by atoms with Crippen molar-refractivity contribution in [3.8, 4) is 51.5 Å². The van der Waals surface area contributed by atoms with E-state index in [0.29, 0.717) is 23.4 Å². The second-order valence-corrected chi connectivity index (χ2v) is 15.8. The molecule has 13 aromatic rings.